The summed E-state index contributed by atoms with van der Waals surface area (Å²) in [6, 6.07) is 8.06. The van der Waals surface area contributed by atoms with Crippen molar-refractivity contribution in [1.29, 1.82) is 0 Å². The van der Waals surface area contributed by atoms with Crippen LogP contribution in [0.4, 0.5) is 10.5 Å². The third-order valence-corrected chi connectivity index (χ3v) is 5.17. The first-order valence-electron chi connectivity index (χ1n) is 8.43. The molecule has 2 bridgehead atoms. The molecule has 0 aromatic heterocycles. The summed E-state index contributed by atoms with van der Waals surface area (Å²) in [4.78, 5) is 28.4. The van der Waals surface area contributed by atoms with Crippen LogP contribution in [0.5, 0.6) is 0 Å². The lowest BCUT2D eigenvalue weighted by Crippen LogP contribution is -2.42. The minimum Gasteiger partial charge on any atom is -0.336 e. The number of amides is 3. The van der Waals surface area contributed by atoms with Crippen LogP contribution in [0.3, 0.4) is 0 Å². The minimum atomic E-state index is -0.0688. The molecule has 23 heavy (non-hydrogen) atoms. The van der Waals surface area contributed by atoms with Crippen molar-refractivity contribution < 1.29 is 9.59 Å². The summed E-state index contributed by atoms with van der Waals surface area (Å²) in [5, 5.41) is 6.21. The van der Waals surface area contributed by atoms with Gasteiger partial charge in [-0.25, -0.2) is 4.79 Å². The summed E-state index contributed by atoms with van der Waals surface area (Å²) in [7, 11) is 0. The Balaban J connectivity index is 1.53. The Kier molecular flexibility index (Phi) is 3.69. The largest absolute Gasteiger partial charge is 0.336 e. The van der Waals surface area contributed by atoms with Crippen LogP contribution in [0.15, 0.2) is 24.3 Å². The van der Waals surface area contributed by atoms with Gasteiger partial charge in [-0.3, -0.25) is 9.69 Å². The molecular formula is C17H22N4O2. The Morgan fingerprint density at radius 1 is 1.04 bits per heavy atom. The van der Waals surface area contributed by atoms with Crippen molar-refractivity contribution in [2.24, 2.45) is 0 Å². The maximum absolute atomic E-state index is 12.9. The summed E-state index contributed by atoms with van der Waals surface area (Å²) in [5.74, 6) is 0.124. The van der Waals surface area contributed by atoms with Gasteiger partial charge >= 0.3 is 6.03 Å². The fraction of sp³-hybridized carbons (Fsp3) is 0.529. The molecule has 3 amide bonds. The van der Waals surface area contributed by atoms with Crippen molar-refractivity contribution in [2.45, 2.75) is 31.3 Å². The van der Waals surface area contributed by atoms with E-state index in [1.54, 1.807) is 4.90 Å². The molecule has 2 atom stereocenters. The summed E-state index contributed by atoms with van der Waals surface area (Å²) in [6.07, 6.45) is 3.24. The zero-order valence-corrected chi connectivity index (χ0v) is 13.1. The molecule has 6 nitrogen and oxygen atoms in total. The summed E-state index contributed by atoms with van der Waals surface area (Å²) < 4.78 is 0. The van der Waals surface area contributed by atoms with E-state index < -0.39 is 0 Å². The van der Waals surface area contributed by atoms with Crippen molar-refractivity contribution in [3.8, 4) is 0 Å². The first-order valence-corrected chi connectivity index (χ1v) is 8.43. The lowest BCUT2D eigenvalue weighted by atomic mass is 10.1. The maximum atomic E-state index is 12.9. The van der Waals surface area contributed by atoms with Crippen LogP contribution >= 0.6 is 0 Å². The number of fused-ring (bicyclic) bond motifs is 2. The number of urea groups is 1. The van der Waals surface area contributed by atoms with Crippen LogP contribution in [0.1, 0.15) is 29.6 Å². The van der Waals surface area contributed by atoms with Gasteiger partial charge in [0.2, 0.25) is 0 Å². The fourth-order valence-electron chi connectivity index (χ4n) is 3.96. The number of rotatable bonds is 2. The number of carbonyl (C=O) groups is 2. The molecule has 3 saturated heterocycles. The SMILES string of the molecule is O=C1NCCN1c1ccc(C(=O)N2C3CCNCC2CC3)cc1. The first kappa shape index (κ1) is 14.5. The van der Waals surface area contributed by atoms with Crippen molar-refractivity contribution in [3.63, 3.8) is 0 Å². The van der Waals surface area contributed by atoms with Gasteiger partial charge in [0.15, 0.2) is 0 Å². The van der Waals surface area contributed by atoms with E-state index in [0.717, 1.165) is 38.0 Å². The Hall–Kier alpha value is -2.08. The normalized spacial score (nSPS) is 27.0. The number of carbonyl (C=O) groups excluding carboxylic acids is 2. The van der Waals surface area contributed by atoms with Gasteiger partial charge in [-0.05, 0) is 50.1 Å². The Bertz CT molecular complexity index is 602. The number of hydrogen-bond donors (Lipinski definition) is 2. The Labute approximate surface area is 135 Å². The molecule has 2 N–H and O–H groups in total. The number of anilines is 1. The second kappa shape index (κ2) is 5.85. The van der Waals surface area contributed by atoms with Gasteiger partial charge in [-0.1, -0.05) is 0 Å². The van der Waals surface area contributed by atoms with Crippen LogP contribution in [-0.4, -0.2) is 55.1 Å². The van der Waals surface area contributed by atoms with E-state index in [-0.39, 0.29) is 11.9 Å². The number of nitrogens with zero attached hydrogens (tertiary/aromatic N) is 2. The fourth-order valence-corrected chi connectivity index (χ4v) is 3.96. The molecule has 3 heterocycles. The van der Waals surface area contributed by atoms with Gasteiger partial charge in [0.1, 0.15) is 0 Å². The van der Waals surface area contributed by atoms with E-state index in [0.29, 0.717) is 30.7 Å². The molecule has 3 aliphatic heterocycles. The summed E-state index contributed by atoms with van der Waals surface area (Å²) >= 11 is 0. The molecule has 122 valence electrons. The predicted molar refractivity (Wildman–Crippen MR) is 87.7 cm³/mol. The van der Waals surface area contributed by atoms with Crippen molar-refractivity contribution in [2.75, 3.05) is 31.1 Å². The molecule has 0 radical (unpaired) electrons. The van der Waals surface area contributed by atoms with Crippen LogP contribution in [-0.2, 0) is 0 Å². The summed E-state index contributed by atoms with van der Waals surface area (Å²) in [5.41, 5.74) is 1.56. The number of nitrogens with one attached hydrogen (secondary N) is 2. The van der Waals surface area contributed by atoms with Crippen LogP contribution in [0.25, 0.3) is 0 Å². The highest BCUT2D eigenvalue weighted by Crippen LogP contribution is 2.30. The average Bonchev–Trinajstić information content (AvgIpc) is 3.09. The third kappa shape index (κ3) is 2.57. The molecule has 2 unspecified atom stereocenters. The van der Waals surface area contributed by atoms with Crippen LogP contribution in [0, 0.1) is 0 Å². The van der Waals surface area contributed by atoms with E-state index >= 15 is 0 Å². The second-order valence-corrected chi connectivity index (χ2v) is 6.52. The van der Waals surface area contributed by atoms with Crippen molar-refractivity contribution in [1.82, 2.24) is 15.5 Å². The monoisotopic (exact) mass is 314 g/mol. The van der Waals surface area contributed by atoms with E-state index in [4.69, 9.17) is 0 Å². The second-order valence-electron chi connectivity index (χ2n) is 6.52. The topological polar surface area (TPSA) is 64.7 Å². The Morgan fingerprint density at radius 3 is 2.57 bits per heavy atom. The van der Waals surface area contributed by atoms with Crippen LogP contribution < -0.4 is 15.5 Å². The van der Waals surface area contributed by atoms with E-state index in [1.165, 1.54) is 0 Å². The molecule has 1 aromatic carbocycles. The highest BCUT2D eigenvalue weighted by Gasteiger charge is 2.38. The van der Waals surface area contributed by atoms with Gasteiger partial charge in [-0.2, -0.15) is 0 Å². The lowest BCUT2D eigenvalue weighted by molar-refractivity contribution is 0.0680. The zero-order chi connectivity index (χ0) is 15.8. The lowest BCUT2D eigenvalue weighted by Gasteiger charge is -2.28. The highest BCUT2D eigenvalue weighted by molar-refractivity contribution is 5.97. The quantitative estimate of drug-likeness (QED) is 0.862. The van der Waals surface area contributed by atoms with E-state index in [1.807, 2.05) is 24.3 Å². The number of hydrogen-bond acceptors (Lipinski definition) is 3. The Morgan fingerprint density at radius 2 is 1.83 bits per heavy atom. The third-order valence-electron chi connectivity index (χ3n) is 5.17. The van der Waals surface area contributed by atoms with Gasteiger partial charge in [-0.15, -0.1) is 0 Å². The number of benzene rings is 1. The molecule has 6 heteroatoms. The smallest absolute Gasteiger partial charge is 0.321 e. The van der Waals surface area contributed by atoms with Gasteiger partial charge in [0.05, 0.1) is 0 Å². The van der Waals surface area contributed by atoms with E-state index in [2.05, 4.69) is 15.5 Å². The maximum Gasteiger partial charge on any atom is 0.321 e. The molecule has 4 rings (SSSR count). The van der Waals surface area contributed by atoms with Gasteiger partial charge in [0.25, 0.3) is 5.91 Å². The first-order chi connectivity index (χ1) is 11.2. The standard InChI is InChI=1S/C17H22N4O2/c22-16(21-14-5-6-15(21)11-18-8-7-14)12-1-3-13(4-2-12)20-10-9-19-17(20)23/h1-4,14-15,18H,5-11H2,(H,19,23). The molecule has 0 saturated carbocycles. The summed E-state index contributed by atoms with van der Waals surface area (Å²) in [6.45, 7) is 3.24. The van der Waals surface area contributed by atoms with Gasteiger partial charge < -0.3 is 15.5 Å². The molecular weight excluding hydrogens is 292 g/mol. The van der Waals surface area contributed by atoms with Crippen molar-refractivity contribution in [3.05, 3.63) is 29.8 Å². The molecule has 3 aliphatic rings. The van der Waals surface area contributed by atoms with E-state index in [9.17, 15) is 9.59 Å². The van der Waals surface area contributed by atoms with Crippen molar-refractivity contribution >= 4 is 17.6 Å². The minimum absolute atomic E-state index is 0.0688. The van der Waals surface area contributed by atoms with Gasteiger partial charge in [0, 0.05) is 43.0 Å². The zero-order valence-electron chi connectivity index (χ0n) is 13.1. The average molecular weight is 314 g/mol. The molecule has 0 aliphatic carbocycles. The molecule has 1 aromatic rings. The predicted octanol–water partition coefficient (Wildman–Crippen LogP) is 1.18. The molecule has 0 spiro atoms. The highest BCUT2D eigenvalue weighted by atomic mass is 16.2. The van der Waals surface area contributed by atoms with Crippen LogP contribution in [0.2, 0.25) is 0 Å². The molecule has 3 fully saturated rings.